The number of thiazole rings is 3. The monoisotopic (exact) mass is 846 g/mol. The maximum atomic E-state index is 10.8. The van der Waals surface area contributed by atoms with Crippen LogP contribution in [0.2, 0.25) is 0 Å². The molecule has 22 nitrogen and oxygen atoms in total. The van der Waals surface area contributed by atoms with E-state index in [1.807, 2.05) is 10.8 Å². The molecule has 3 heterocycles. The Bertz CT molecular complexity index is 1780. The van der Waals surface area contributed by atoms with Crippen molar-refractivity contribution in [3.8, 4) is 0 Å². The van der Waals surface area contributed by atoms with Crippen LogP contribution in [0.25, 0.3) is 0 Å². The van der Waals surface area contributed by atoms with Crippen molar-refractivity contribution >= 4 is 146 Å². The first-order valence-electron chi connectivity index (χ1n) is 12.4. The van der Waals surface area contributed by atoms with Crippen LogP contribution in [-0.2, 0) is 27.4 Å². The van der Waals surface area contributed by atoms with E-state index in [0.29, 0.717) is 38.5 Å². The molecule has 0 atom stereocenters. The fraction of sp³-hybridized carbons (Fsp3) is 0.200. The van der Waals surface area contributed by atoms with Crippen molar-refractivity contribution in [2.45, 2.75) is 17.4 Å². The summed E-state index contributed by atoms with van der Waals surface area (Å²) in [6.45, 7) is 0. The van der Waals surface area contributed by atoms with Gasteiger partial charge in [0.25, 0.3) is 10.0 Å². The molecule has 50 heavy (non-hydrogen) atoms. The van der Waals surface area contributed by atoms with Crippen molar-refractivity contribution in [2.75, 3.05) is 6.26 Å². The number of sulfonamides is 1. The number of aliphatic imine (C=N–C) groups is 4. The Kier molecular flexibility index (Phi) is 21.9. The van der Waals surface area contributed by atoms with Gasteiger partial charge >= 0.3 is 0 Å². The topological polar surface area (TPSA) is 445 Å². The summed E-state index contributed by atoms with van der Waals surface area (Å²) < 4.78 is 25.0. The van der Waals surface area contributed by atoms with Gasteiger partial charge in [0, 0.05) is 27.6 Å². The number of hydrogen-bond acceptors (Lipinski definition) is 15. The second-order valence-electron chi connectivity index (χ2n) is 8.09. The maximum Gasteiger partial charge on any atom is 0.252 e. The van der Waals surface area contributed by atoms with Gasteiger partial charge in [0.2, 0.25) is 15.4 Å². The van der Waals surface area contributed by atoms with Crippen molar-refractivity contribution in [1.82, 2.24) is 15.0 Å². The van der Waals surface area contributed by atoms with E-state index in [9.17, 15) is 8.42 Å². The van der Waals surface area contributed by atoms with Crippen LogP contribution < -0.4 is 63.1 Å². The number of aromatic nitrogens is 3. The van der Waals surface area contributed by atoms with Crippen LogP contribution >= 0.6 is 81.4 Å². The van der Waals surface area contributed by atoms with Gasteiger partial charge in [0.05, 0.1) is 29.2 Å². The fourth-order valence-corrected chi connectivity index (χ4v) is 6.69. The largest absolute Gasteiger partial charge is 0.379 e. The number of alkyl halides is 1. The minimum absolute atomic E-state index is 0.00915. The summed E-state index contributed by atoms with van der Waals surface area (Å²) in [5, 5.41) is 13.9. The molecule has 0 radical (unpaired) electrons. The first-order chi connectivity index (χ1) is 23.2. The molecular formula is C20H35ClN20O2S7. The van der Waals surface area contributed by atoms with E-state index < -0.39 is 10.0 Å². The summed E-state index contributed by atoms with van der Waals surface area (Å²) in [5.74, 6) is 1.17. The number of guanidine groups is 4. The van der Waals surface area contributed by atoms with E-state index in [2.05, 4.69) is 51.5 Å². The third-order valence-electron chi connectivity index (χ3n) is 3.67. The van der Waals surface area contributed by atoms with E-state index in [1.165, 1.54) is 45.8 Å². The Morgan fingerprint density at radius 3 is 1.40 bits per heavy atom. The van der Waals surface area contributed by atoms with Gasteiger partial charge in [-0.1, -0.05) is 23.5 Å². The number of amidine groups is 2. The molecular weight excluding hydrogens is 812 g/mol. The molecule has 23 N–H and O–H groups in total. The average molecular weight is 848 g/mol. The van der Waals surface area contributed by atoms with Crippen molar-refractivity contribution in [3.63, 3.8) is 0 Å². The quantitative estimate of drug-likeness (QED) is 0.0533. The van der Waals surface area contributed by atoms with Gasteiger partial charge in [-0.2, -0.15) is 20.0 Å². The Morgan fingerprint density at radius 1 is 0.740 bits per heavy atom. The number of thiocarbonyl (C=S) groups is 1. The van der Waals surface area contributed by atoms with E-state index in [-0.39, 0.29) is 39.3 Å². The molecule has 3 rings (SSSR count). The van der Waals surface area contributed by atoms with Crippen LogP contribution in [0.3, 0.4) is 0 Å². The molecule has 0 aliphatic heterocycles. The molecule has 0 unspecified atom stereocenters. The van der Waals surface area contributed by atoms with Crippen LogP contribution in [0, 0.1) is 5.41 Å². The molecule has 0 aliphatic carbocycles. The van der Waals surface area contributed by atoms with E-state index >= 15 is 0 Å². The van der Waals surface area contributed by atoms with Crippen LogP contribution in [0.15, 0.2) is 40.5 Å². The Hall–Kier alpha value is -4.26. The standard InChI is InChI=1S/C7H12N6O2S3.C6H10N6S2.C5H7ClN4S.C2H6N4S/c1-18(14,15)13-6(10)16-2-4-3-17-7(11-4)12-5(8)9;7-4(8)12-6-11-3(2-14-6)1-13-5(9)10;6-1-3-2-11-5(9-3)10-4(7)8;3-1(4)6-2(5)7/h3H,2H2,1H3,(H2,10,13)(H4,8,9,11,12);2H,1H2,(H3,9,10)(H4,7,8,11,12);2H,1H2,(H4,7,8,9,10);(H6,3,4,5,6,7). The van der Waals surface area contributed by atoms with Crippen LogP contribution in [0.1, 0.15) is 17.1 Å². The molecule has 0 aliphatic rings. The van der Waals surface area contributed by atoms with E-state index in [1.54, 1.807) is 5.38 Å². The normalized spacial score (nSPS) is 10.3. The maximum absolute atomic E-state index is 10.8. The second kappa shape index (κ2) is 24.0. The number of halogens is 1. The highest BCUT2D eigenvalue weighted by Gasteiger charge is 2.06. The molecule has 3 aromatic heterocycles. The van der Waals surface area contributed by atoms with Gasteiger partial charge in [-0.15, -0.1) is 50.0 Å². The lowest BCUT2D eigenvalue weighted by Gasteiger charge is -1.96. The third-order valence-corrected chi connectivity index (χ3v) is 8.61. The fourth-order valence-electron chi connectivity index (χ4n) is 2.18. The highest BCUT2D eigenvalue weighted by molar-refractivity contribution is 8.13. The molecule has 0 saturated carbocycles. The van der Waals surface area contributed by atoms with E-state index in [0.717, 1.165) is 29.4 Å². The summed E-state index contributed by atoms with van der Waals surface area (Å²) in [5.41, 5.74) is 58.6. The van der Waals surface area contributed by atoms with E-state index in [4.69, 9.17) is 80.1 Å². The average Bonchev–Trinajstić information content (AvgIpc) is 3.71. The molecule has 30 heteroatoms. The number of nitrogens with one attached hydrogen (secondary N) is 1. The number of thioether (sulfide) groups is 2. The van der Waals surface area contributed by atoms with Gasteiger partial charge in [-0.3, -0.25) is 5.41 Å². The minimum Gasteiger partial charge on any atom is -0.379 e. The highest BCUT2D eigenvalue weighted by atomic mass is 35.5. The Balaban J connectivity index is 0.000000673. The molecule has 0 fully saturated rings. The first kappa shape index (κ1) is 45.7. The zero-order valence-corrected chi connectivity index (χ0v) is 32.3. The zero-order valence-electron chi connectivity index (χ0n) is 25.8. The molecule has 3 aromatic rings. The summed E-state index contributed by atoms with van der Waals surface area (Å²) >= 11 is 16.1. The van der Waals surface area contributed by atoms with Gasteiger partial charge in [0.1, 0.15) is 0 Å². The molecule has 0 saturated heterocycles. The van der Waals surface area contributed by atoms with Crippen LogP contribution in [-0.4, -0.2) is 68.9 Å². The van der Waals surface area contributed by atoms with Crippen LogP contribution in [0.4, 0.5) is 15.4 Å². The summed E-state index contributed by atoms with van der Waals surface area (Å²) in [7, 11) is -3.47. The number of rotatable bonds is 9. The van der Waals surface area contributed by atoms with Crippen molar-refractivity contribution in [3.05, 3.63) is 33.2 Å². The molecule has 0 spiro atoms. The number of nitrogens with two attached hydrogens (primary N) is 11. The Labute approximate surface area is 317 Å². The lowest BCUT2D eigenvalue weighted by molar-refractivity contribution is 0.604. The van der Waals surface area contributed by atoms with Crippen LogP contribution in [0.5, 0.6) is 0 Å². The van der Waals surface area contributed by atoms with Gasteiger partial charge in [-0.25, -0.2) is 23.4 Å². The Morgan fingerprint density at radius 2 is 1.12 bits per heavy atom. The number of hydrogen-bond donors (Lipinski definition) is 12. The van der Waals surface area contributed by atoms with Crippen molar-refractivity contribution < 1.29 is 8.42 Å². The smallest absolute Gasteiger partial charge is 0.252 e. The lowest BCUT2D eigenvalue weighted by Crippen LogP contribution is -2.25. The summed E-state index contributed by atoms with van der Waals surface area (Å²) in [6, 6.07) is 0. The summed E-state index contributed by atoms with van der Waals surface area (Å²) in [6.07, 6.45) is 0.972. The SMILES string of the molecule is CS(=O)(=O)N=C(N)SCc1csc(N=C(N)N)n1.N=C(N)SCc1csc(N=C(N)N)n1.NC(=S)N=C(N)N.NC(N)=Nc1nc(CCl)cs1. The lowest BCUT2D eigenvalue weighted by atomic mass is 10.6. The zero-order chi connectivity index (χ0) is 38.4. The molecule has 0 aromatic carbocycles. The minimum atomic E-state index is -3.47. The number of nitrogens with zero attached hydrogens (tertiary/aromatic N) is 8. The predicted molar refractivity (Wildman–Crippen MR) is 216 cm³/mol. The third kappa shape index (κ3) is 25.7. The van der Waals surface area contributed by atoms with Crippen molar-refractivity contribution in [2.24, 2.45) is 87.4 Å². The second-order valence-corrected chi connectivity index (χ2v) is 14.9. The van der Waals surface area contributed by atoms with Gasteiger partial charge < -0.3 is 63.1 Å². The van der Waals surface area contributed by atoms with Gasteiger partial charge in [-0.05, 0) is 12.2 Å². The molecule has 276 valence electrons. The highest BCUT2D eigenvalue weighted by Crippen LogP contribution is 2.23. The van der Waals surface area contributed by atoms with Gasteiger partial charge in [0.15, 0.2) is 39.3 Å². The summed E-state index contributed by atoms with van der Waals surface area (Å²) in [4.78, 5) is 26.8. The predicted octanol–water partition coefficient (Wildman–Crippen LogP) is -0.980. The van der Waals surface area contributed by atoms with Crippen molar-refractivity contribution in [1.29, 1.82) is 5.41 Å². The first-order valence-corrected chi connectivity index (χ1v) is 19.8. The molecule has 0 bridgehead atoms. The molecule has 0 amide bonds.